The molecular formula is C17H19N3O3S2. The Kier molecular flexibility index (Phi) is 5.62. The lowest BCUT2D eigenvalue weighted by Crippen LogP contribution is -2.44. The van der Waals surface area contributed by atoms with Crippen molar-refractivity contribution < 1.29 is 13.2 Å². The SMILES string of the molecule is O=C(N/N=C\c1cccs1)[C@H]1CCCN(S(=O)(=O)c2ccccc2)C1. The van der Waals surface area contributed by atoms with Gasteiger partial charge in [0.05, 0.1) is 17.0 Å². The summed E-state index contributed by atoms with van der Waals surface area (Å²) in [5.41, 5.74) is 2.52. The van der Waals surface area contributed by atoms with Gasteiger partial charge in [0.1, 0.15) is 0 Å². The number of thiophene rings is 1. The number of nitrogens with one attached hydrogen (secondary N) is 1. The van der Waals surface area contributed by atoms with Gasteiger partial charge in [-0.2, -0.15) is 9.41 Å². The first kappa shape index (κ1) is 17.8. The molecule has 1 aliphatic rings. The normalized spacial score (nSPS) is 19.1. The number of hydrogen-bond donors (Lipinski definition) is 1. The van der Waals surface area contributed by atoms with Crippen molar-refractivity contribution in [3.05, 3.63) is 52.7 Å². The molecule has 3 rings (SSSR count). The maximum Gasteiger partial charge on any atom is 0.244 e. The van der Waals surface area contributed by atoms with E-state index in [0.717, 1.165) is 4.88 Å². The van der Waals surface area contributed by atoms with Gasteiger partial charge in [0, 0.05) is 18.0 Å². The third-order valence-corrected chi connectivity index (χ3v) is 6.73. The van der Waals surface area contributed by atoms with E-state index in [2.05, 4.69) is 10.5 Å². The Morgan fingerprint density at radius 3 is 2.76 bits per heavy atom. The fourth-order valence-electron chi connectivity index (χ4n) is 2.73. The molecule has 1 amide bonds. The Balaban J connectivity index is 1.63. The van der Waals surface area contributed by atoms with Crippen molar-refractivity contribution in [3.63, 3.8) is 0 Å². The summed E-state index contributed by atoms with van der Waals surface area (Å²) in [7, 11) is -3.57. The number of amides is 1. The topological polar surface area (TPSA) is 78.8 Å². The molecule has 0 saturated carbocycles. The van der Waals surface area contributed by atoms with Crippen LogP contribution in [0.15, 0.2) is 57.8 Å². The molecule has 1 saturated heterocycles. The van der Waals surface area contributed by atoms with E-state index >= 15 is 0 Å². The third kappa shape index (κ3) is 4.33. The van der Waals surface area contributed by atoms with Crippen LogP contribution >= 0.6 is 11.3 Å². The maximum atomic E-state index is 12.7. The van der Waals surface area contributed by atoms with Gasteiger partial charge < -0.3 is 0 Å². The molecule has 1 aliphatic heterocycles. The van der Waals surface area contributed by atoms with Crippen LogP contribution in [0.25, 0.3) is 0 Å². The summed E-state index contributed by atoms with van der Waals surface area (Å²) in [5.74, 6) is -0.645. The first-order valence-electron chi connectivity index (χ1n) is 7.99. The summed E-state index contributed by atoms with van der Waals surface area (Å²) in [6, 6.07) is 12.1. The Morgan fingerprint density at radius 1 is 1.24 bits per heavy atom. The molecule has 0 spiro atoms. The maximum absolute atomic E-state index is 12.7. The van der Waals surface area contributed by atoms with E-state index in [0.29, 0.717) is 19.4 Å². The van der Waals surface area contributed by atoms with Gasteiger partial charge in [-0.3, -0.25) is 4.79 Å². The number of benzene rings is 1. The molecule has 25 heavy (non-hydrogen) atoms. The van der Waals surface area contributed by atoms with Crippen LogP contribution in [-0.2, 0) is 14.8 Å². The van der Waals surface area contributed by atoms with Gasteiger partial charge in [-0.1, -0.05) is 24.3 Å². The smallest absolute Gasteiger partial charge is 0.244 e. The van der Waals surface area contributed by atoms with Gasteiger partial charge in [-0.25, -0.2) is 13.8 Å². The van der Waals surface area contributed by atoms with Crippen molar-refractivity contribution in [2.45, 2.75) is 17.7 Å². The lowest BCUT2D eigenvalue weighted by Gasteiger charge is -2.30. The molecule has 1 fully saturated rings. The van der Waals surface area contributed by atoms with Crippen molar-refractivity contribution in [1.29, 1.82) is 0 Å². The highest BCUT2D eigenvalue weighted by Crippen LogP contribution is 2.23. The number of rotatable bonds is 5. The minimum Gasteiger partial charge on any atom is -0.273 e. The lowest BCUT2D eigenvalue weighted by atomic mass is 9.99. The van der Waals surface area contributed by atoms with Crippen LogP contribution < -0.4 is 5.43 Å². The summed E-state index contributed by atoms with van der Waals surface area (Å²) in [6.45, 7) is 0.608. The van der Waals surface area contributed by atoms with Gasteiger partial charge in [0.2, 0.25) is 15.9 Å². The van der Waals surface area contributed by atoms with E-state index in [-0.39, 0.29) is 17.3 Å². The number of carbonyl (C=O) groups excluding carboxylic acids is 1. The standard InChI is InChI=1S/C17H19N3O3S2/c21-17(19-18-12-15-7-5-11-24-15)14-6-4-10-20(13-14)25(22,23)16-8-2-1-3-9-16/h1-3,5,7-9,11-12,14H,4,6,10,13H2,(H,19,21)/b18-12-/t14-/m0/s1. The van der Waals surface area contributed by atoms with Crippen LogP contribution in [0.2, 0.25) is 0 Å². The van der Waals surface area contributed by atoms with Crippen LogP contribution in [0, 0.1) is 5.92 Å². The zero-order chi connectivity index (χ0) is 17.7. The Bertz CT molecular complexity index is 833. The number of piperidine rings is 1. The van der Waals surface area contributed by atoms with E-state index in [1.807, 2.05) is 17.5 Å². The summed E-state index contributed by atoms with van der Waals surface area (Å²) in [6.07, 6.45) is 2.89. The molecule has 132 valence electrons. The number of hydrazone groups is 1. The van der Waals surface area contributed by atoms with Gasteiger partial charge in [-0.15, -0.1) is 11.3 Å². The third-order valence-electron chi connectivity index (χ3n) is 4.05. The van der Waals surface area contributed by atoms with E-state index in [4.69, 9.17) is 0 Å². The number of sulfonamides is 1. The predicted molar refractivity (Wildman–Crippen MR) is 98.0 cm³/mol. The molecular weight excluding hydrogens is 358 g/mol. The number of hydrogen-bond acceptors (Lipinski definition) is 5. The Labute approximate surface area is 151 Å². The summed E-state index contributed by atoms with van der Waals surface area (Å²) in [5, 5.41) is 5.88. The largest absolute Gasteiger partial charge is 0.273 e. The van der Waals surface area contributed by atoms with E-state index in [9.17, 15) is 13.2 Å². The molecule has 1 aromatic heterocycles. The molecule has 2 heterocycles. The van der Waals surface area contributed by atoms with Crippen molar-refractivity contribution in [1.82, 2.24) is 9.73 Å². The quantitative estimate of drug-likeness (QED) is 0.641. The second-order valence-electron chi connectivity index (χ2n) is 5.76. The van der Waals surface area contributed by atoms with E-state index in [1.165, 1.54) is 15.6 Å². The second kappa shape index (κ2) is 7.90. The highest BCUT2D eigenvalue weighted by atomic mass is 32.2. The summed E-state index contributed by atoms with van der Waals surface area (Å²) < 4.78 is 26.8. The molecule has 1 atom stereocenters. The second-order valence-corrected chi connectivity index (χ2v) is 8.68. The predicted octanol–water partition coefficient (Wildman–Crippen LogP) is 2.30. The molecule has 1 aromatic carbocycles. The van der Waals surface area contributed by atoms with Crippen molar-refractivity contribution in [2.24, 2.45) is 11.0 Å². The average molecular weight is 377 g/mol. The zero-order valence-electron chi connectivity index (χ0n) is 13.5. The van der Waals surface area contributed by atoms with Gasteiger partial charge in [0.15, 0.2) is 0 Å². The molecule has 0 bridgehead atoms. The first-order valence-corrected chi connectivity index (χ1v) is 10.3. The fourth-order valence-corrected chi connectivity index (χ4v) is 4.86. The molecule has 0 aliphatic carbocycles. The minimum atomic E-state index is -3.57. The minimum absolute atomic E-state index is 0.178. The monoisotopic (exact) mass is 377 g/mol. The van der Waals surface area contributed by atoms with Crippen LogP contribution in [0.5, 0.6) is 0 Å². The highest BCUT2D eigenvalue weighted by Gasteiger charge is 2.33. The van der Waals surface area contributed by atoms with Crippen LogP contribution in [-0.4, -0.2) is 37.9 Å². The molecule has 0 radical (unpaired) electrons. The zero-order valence-corrected chi connectivity index (χ0v) is 15.2. The Morgan fingerprint density at radius 2 is 2.04 bits per heavy atom. The average Bonchev–Trinajstić information content (AvgIpc) is 3.16. The molecule has 8 heteroatoms. The van der Waals surface area contributed by atoms with Crippen molar-refractivity contribution >= 4 is 33.5 Å². The number of carbonyl (C=O) groups is 1. The molecule has 1 N–H and O–H groups in total. The van der Waals surface area contributed by atoms with E-state index < -0.39 is 15.9 Å². The lowest BCUT2D eigenvalue weighted by molar-refractivity contribution is -0.126. The summed E-state index contributed by atoms with van der Waals surface area (Å²) >= 11 is 1.52. The highest BCUT2D eigenvalue weighted by molar-refractivity contribution is 7.89. The van der Waals surface area contributed by atoms with Gasteiger partial charge in [0.25, 0.3) is 0 Å². The van der Waals surface area contributed by atoms with Gasteiger partial charge in [-0.05, 0) is 36.4 Å². The number of nitrogens with zero attached hydrogens (tertiary/aromatic N) is 2. The molecule has 6 nitrogen and oxygen atoms in total. The Hall–Kier alpha value is -2.03. The molecule has 2 aromatic rings. The van der Waals surface area contributed by atoms with Crippen LogP contribution in [0.4, 0.5) is 0 Å². The van der Waals surface area contributed by atoms with Crippen molar-refractivity contribution in [3.8, 4) is 0 Å². The van der Waals surface area contributed by atoms with E-state index in [1.54, 1.807) is 36.5 Å². The first-order chi connectivity index (χ1) is 12.1. The van der Waals surface area contributed by atoms with Crippen LogP contribution in [0.3, 0.4) is 0 Å². The fraction of sp³-hybridized carbons (Fsp3) is 0.294. The summed E-state index contributed by atoms with van der Waals surface area (Å²) in [4.78, 5) is 13.5. The van der Waals surface area contributed by atoms with Gasteiger partial charge >= 0.3 is 0 Å². The van der Waals surface area contributed by atoms with Crippen molar-refractivity contribution in [2.75, 3.05) is 13.1 Å². The van der Waals surface area contributed by atoms with Crippen LogP contribution in [0.1, 0.15) is 17.7 Å². The molecule has 0 unspecified atom stereocenters.